The fourth-order valence-electron chi connectivity index (χ4n) is 1.40. The molecule has 9 heteroatoms. The molecule has 0 atom stereocenters. The number of rotatable bonds is 5. The number of urea groups is 1. The Morgan fingerprint density at radius 1 is 1.43 bits per heavy atom. The third-order valence-electron chi connectivity index (χ3n) is 2.32. The van der Waals surface area contributed by atoms with Gasteiger partial charge in [-0.15, -0.1) is 0 Å². The van der Waals surface area contributed by atoms with Gasteiger partial charge in [0.1, 0.15) is 5.75 Å². The van der Waals surface area contributed by atoms with Crippen LogP contribution in [0.15, 0.2) is 34.0 Å². The van der Waals surface area contributed by atoms with Crippen LogP contribution in [0.1, 0.15) is 12.5 Å². The van der Waals surface area contributed by atoms with Crippen molar-refractivity contribution in [2.45, 2.75) is 6.92 Å². The minimum atomic E-state index is -0.611. The van der Waals surface area contributed by atoms with Gasteiger partial charge in [-0.25, -0.2) is 14.8 Å². The number of carbonyl (C=O) groups is 1. The number of nitrogen functional groups attached to an aromatic ring is 1. The SMILES string of the molecule is CCOc1ccc(C=NNC(=O)Nc2nonc2N)cc1. The van der Waals surface area contributed by atoms with E-state index in [-0.39, 0.29) is 11.6 Å². The molecular weight excluding hydrogens is 276 g/mol. The molecule has 0 spiro atoms. The Morgan fingerprint density at radius 2 is 2.19 bits per heavy atom. The van der Waals surface area contributed by atoms with Crippen molar-refractivity contribution >= 4 is 23.9 Å². The molecule has 2 amide bonds. The third-order valence-corrected chi connectivity index (χ3v) is 2.32. The van der Waals surface area contributed by atoms with Gasteiger partial charge in [0, 0.05) is 0 Å². The number of carbonyl (C=O) groups excluding carboxylic acids is 1. The van der Waals surface area contributed by atoms with Gasteiger partial charge in [0.25, 0.3) is 0 Å². The molecule has 1 aromatic carbocycles. The van der Waals surface area contributed by atoms with Crippen LogP contribution in [0.4, 0.5) is 16.4 Å². The average Bonchev–Trinajstić information content (AvgIpc) is 2.86. The fraction of sp³-hybridized carbons (Fsp3) is 0.167. The summed E-state index contributed by atoms with van der Waals surface area (Å²) in [5.74, 6) is 0.791. The van der Waals surface area contributed by atoms with Gasteiger partial charge in [0.2, 0.25) is 11.6 Å². The maximum absolute atomic E-state index is 11.5. The molecule has 21 heavy (non-hydrogen) atoms. The van der Waals surface area contributed by atoms with Gasteiger partial charge in [0.15, 0.2) is 0 Å². The summed E-state index contributed by atoms with van der Waals surface area (Å²) in [6.45, 7) is 2.52. The molecule has 4 N–H and O–H groups in total. The summed E-state index contributed by atoms with van der Waals surface area (Å²) in [4.78, 5) is 11.5. The van der Waals surface area contributed by atoms with Crippen molar-refractivity contribution in [3.05, 3.63) is 29.8 Å². The van der Waals surface area contributed by atoms with Gasteiger partial charge in [-0.3, -0.25) is 5.32 Å². The molecule has 0 aliphatic heterocycles. The van der Waals surface area contributed by atoms with Crippen LogP contribution in [0.2, 0.25) is 0 Å². The van der Waals surface area contributed by atoms with Crippen LogP contribution < -0.4 is 21.2 Å². The first-order chi connectivity index (χ1) is 10.2. The molecule has 0 fully saturated rings. The smallest absolute Gasteiger partial charge is 0.340 e. The fourth-order valence-corrected chi connectivity index (χ4v) is 1.40. The summed E-state index contributed by atoms with van der Waals surface area (Å²) < 4.78 is 9.65. The van der Waals surface area contributed by atoms with Gasteiger partial charge in [0.05, 0.1) is 12.8 Å². The molecular formula is C12H14N6O3. The lowest BCUT2D eigenvalue weighted by molar-refractivity contribution is 0.252. The molecule has 0 saturated carbocycles. The van der Waals surface area contributed by atoms with Gasteiger partial charge < -0.3 is 10.5 Å². The van der Waals surface area contributed by atoms with Crippen molar-refractivity contribution in [3.8, 4) is 5.75 Å². The summed E-state index contributed by atoms with van der Waals surface area (Å²) in [6, 6.07) is 6.64. The molecule has 9 nitrogen and oxygen atoms in total. The average molecular weight is 290 g/mol. The first kappa shape index (κ1) is 14.3. The normalized spacial score (nSPS) is 10.5. The van der Waals surface area contributed by atoms with Crippen LogP contribution in [0, 0.1) is 0 Å². The summed E-state index contributed by atoms with van der Waals surface area (Å²) in [5.41, 5.74) is 8.45. The Labute approximate surface area is 120 Å². The minimum Gasteiger partial charge on any atom is -0.494 e. The Kier molecular flexibility index (Phi) is 4.70. The highest BCUT2D eigenvalue weighted by Gasteiger charge is 2.08. The van der Waals surface area contributed by atoms with Crippen molar-refractivity contribution in [2.75, 3.05) is 17.7 Å². The summed E-state index contributed by atoms with van der Waals surface area (Å²) in [6.07, 6.45) is 1.49. The molecule has 110 valence electrons. The molecule has 0 unspecified atom stereocenters. The number of benzene rings is 1. The van der Waals surface area contributed by atoms with Crippen molar-refractivity contribution in [2.24, 2.45) is 5.10 Å². The maximum Gasteiger partial charge on any atom is 0.340 e. The van der Waals surface area contributed by atoms with Crippen LogP contribution in [-0.4, -0.2) is 29.2 Å². The Morgan fingerprint density at radius 3 is 2.81 bits per heavy atom. The predicted molar refractivity (Wildman–Crippen MR) is 76.1 cm³/mol. The lowest BCUT2D eigenvalue weighted by Crippen LogP contribution is -2.24. The van der Waals surface area contributed by atoms with Gasteiger partial charge in [-0.1, -0.05) is 0 Å². The molecule has 0 bridgehead atoms. The summed E-state index contributed by atoms with van der Waals surface area (Å²) in [5, 5.41) is 12.8. The predicted octanol–water partition coefficient (Wildman–Crippen LogP) is 1.21. The second-order valence-corrected chi connectivity index (χ2v) is 3.82. The Bertz CT molecular complexity index is 622. The standard InChI is InChI=1S/C12H14N6O3/c1-2-20-9-5-3-8(4-6-9)7-14-16-12(19)15-11-10(13)17-21-18-11/h3-7H,2H2,1H3,(H2,13,17)(H2,15,16,18,19). The minimum absolute atomic E-state index is 0.0133. The van der Waals surface area contributed by atoms with Crippen LogP contribution in [-0.2, 0) is 0 Å². The lowest BCUT2D eigenvalue weighted by Gasteiger charge is -2.02. The van der Waals surface area contributed by atoms with Crippen molar-refractivity contribution in [1.82, 2.24) is 15.7 Å². The van der Waals surface area contributed by atoms with E-state index in [0.29, 0.717) is 6.61 Å². The number of aromatic nitrogens is 2. The van der Waals surface area contributed by atoms with Crippen molar-refractivity contribution < 1.29 is 14.2 Å². The molecule has 1 heterocycles. The first-order valence-corrected chi connectivity index (χ1v) is 6.10. The van der Waals surface area contributed by atoms with Gasteiger partial charge in [-0.05, 0) is 47.1 Å². The van der Waals surface area contributed by atoms with E-state index >= 15 is 0 Å². The van der Waals surface area contributed by atoms with E-state index < -0.39 is 6.03 Å². The van der Waals surface area contributed by atoms with E-state index in [0.717, 1.165) is 11.3 Å². The van der Waals surface area contributed by atoms with E-state index in [1.807, 2.05) is 31.2 Å². The second-order valence-electron chi connectivity index (χ2n) is 3.82. The van der Waals surface area contributed by atoms with Crippen LogP contribution >= 0.6 is 0 Å². The molecule has 0 radical (unpaired) electrons. The number of hydrogen-bond donors (Lipinski definition) is 3. The molecule has 2 rings (SSSR count). The van der Waals surface area contributed by atoms with E-state index in [4.69, 9.17) is 10.5 Å². The quantitative estimate of drug-likeness (QED) is 0.561. The number of nitrogens with zero attached hydrogens (tertiary/aromatic N) is 3. The van der Waals surface area contributed by atoms with Crippen LogP contribution in [0.3, 0.4) is 0 Å². The number of hydrazone groups is 1. The van der Waals surface area contributed by atoms with Crippen molar-refractivity contribution in [3.63, 3.8) is 0 Å². The van der Waals surface area contributed by atoms with Gasteiger partial charge in [-0.2, -0.15) is 5.10 Å². The maximum atomic E-state index is 11.5. The number of ether oxygens (including phenoxy) is 1. The zero-order valence-electron chi connectivity index (χ0n) is 11.2. The number of amides is 2. The third kappa shape index (κ3) is 4.20. The highest BCUT2D eigenvalue weighted by Crippen LogP contribution is 2.11. The summed E-state index contributed by atoms with van der Waals surface area (Å²) >= 11 is 0. The lowest BCUT2D eigenvalue weighted by atomic mass is 10.2. The first-order valence-electron chi connectivity index (χ1n) is 6.10. The number of nitrogens with one attached hydrogen (secondary N) is 2. The molecule has 1 aromatic heterocycles. The Balaban J connectivity index is 1.84. The summed E-state index contributed by atoms with van der Waals surface area (Å²) in [7, 11) is 0. The monoisotopic (exact) mass is 290 g/mol. The van der Waals surface area contributed by atoms with E-state index in [1.54, 1.807) is 0 Å². The van der Waals surface area contributed by atoms with E-state index in [9.17, 15) is 4.79 Å². The number of anilines is 2. The molecule has 0 aliphatic carbocycles. The van der Waals surface area contributed by atoms with Crippen LogP contribution in [0.25, 0.3) is 0 Å². The van der Waals surface area contributed by atoms with Crippen LogP contribution in [0.5, 0.6) is 5.75 Å². The largest absolute Gasteiger partial charge is 0.494 e. The topological polar surface area (TPSA) is 128 Å². The molecule has 0 saturated heterocycles. The number of nitrogens with two attached hydrogens (primary N) is 1. The zero-order valence-corrected chi connectivity index (χ0v) is 11.2. The van der Waals surface area contributed by atoms with E-state index in [1.165, 1.54) is 6.21 Å². The zero-order chi connectivity index (χ0) is 15.1. The second kappa shape index (κ2) is 6.89. The molecule has 2 aromatic rings. The highest BCUT2D eigenvalue weighted by molar-refractivity contribution is 5.91. The number of hydrogen-bond acceptors (Lipinski definition) is 7. The van der Waals surface area contributed by atoms with E-state index in [2.05, 4.69) is 30.8 Å². The van der Waals surface area contributed by atoms with Gasteiger partial charge >= 0.3 is 6.03 Å². The highest BCUT2D eigenvalue weighted by atomic mass is 16.6. The van der Waals surface area contributed by atoms with Crippen molar-refractivity contribution in [1.29, 1.82) is 0 Å². The Hall–Kier alpha value is -3.10. The molecule has 0 aliphatic rings.